The molecule has 0 bridgehead atoms. The van der Waals surface area contributed by atoms with E-state index < -0.39 is 17.5 Å². The molecule has 2 aromatic rings. The van der Waals surface area contributed by atoms with Gasteiger partial charge in [0.05, 0.1) is 11.3 Å². The number of nitrogens with one attached hydrogen (secondary N) is 2. The van der Waals surface area contributed by atoms with E-state index in [2.05, 4.69) is 15.6 Å². The van der Waals surface area contributed by atoms with Crippen molar-refractivity contribution >= 4 is 22.5 Å². The lowest BCUT2D eigenvalue weighted by Gasteiger charge is -2.13. The molecule has 0 unspecified atom stereocenters. The van der Waals surface area contributed by atoms with E-state index in [9.17, 15) is 18.0 Å². The predicted octanol–water partition coefficient (Wildman–Crippen LogP) is 2.85. The third-order valence-corrected chi connectivity index (χ3v) is 3.22. The smallest absolute Gasteiger partial charge is 0.221 e. The van der Waals surface area contributed by atoms with Gasteiger partial charge in [0.15, 0.2) is 17.5 Å². The van der Waals surface area contributed by atoms with Crippen LogP contribution in [-0.2, 0) is 4.79 Å². The number of amides is 1. The number of anilines is 1. The number of hydrogen-bond acceptors (Lipinski definition) is 4. The Labute approximate surface area is 136 Å². The molecule has 8 heteroatoms. The van der Waals surface area contributed by atoms with Crippen LogP contribution in [-0.4, -0.2) is 23.5 Å². The molecule has 0 saturated heterocycles. The number of pyridine rings is 1. The van der Waals surface area contributed by atoms with Crippen LogP contribution in [0.25, 0.3) is 10.9 Å². The van der Waals surface area contributed by atoms with E-state index in [0.717, 1.165) is 12.3 Å². The summed E-state index contributed by atoms with van der Waals surface area (Å²) < 4.78 is 40.6. The van der Waals surface area contributed by atoms with Gasteiger partial charge >= 0.3 is 0 Å². The second kappa shape index (κ2) is 7.17. The molecule has 0 radical (unpaired) electrons. The summed E-state index contributed by atoms with van der Waals surface area (Å²) in [5.41, 5.74) is -0.239. The second-order valence-electron chi connectivity index (χ2n) is 5.44. The fourth-order valence-corrected chi connectivity index (χ4v) is 2.21. The zero-order chi connectivity index (χ0) is 17.9. The van der Waals surface area contributed by atoms with E-state index in [1.54, 1.807) is 0 Å². The van der Waals surface area contributed by atoms with Gasteiger partial charge in [-0.3, -0.25) is 9.78 Å². The Kier molecular flexibility index (Phi) is 5.24. The molecule has 5 nitrogen and oxygen atoms in total. The summed E-state index contributed by atoms with van der Waals surface area (Å²) in [6, 6.07) is 2.61. The third-order valence-electron chi connectivity index (χ3n) is 3.22. The van der Waals surface area contributed by atoms with Crippen molar-refractivity contribution in [3.63, 3.8) is 0 Å². The van der Waals surface area contributed by atoms with Crippen LogP contribution in [0.1, 0.15) is 25.8 Å². The van der Waals surface area contributed by atoms with E-state index in [0.29, 0.717) is 0 Å². The third kappa shape index (κ3) is 3.56. The highest BCUT2D eigenvalue weighted by atomic mass is 19.2. The Morgan fingerprint density at radius 2 is 2.04 bits per heavy atom. The van der Waals surface area contributed by atoms with Crippen LogP contribution in [0, 0.1) is 28.8 Å². The molecular formula is C16H15F3N4O. The van der Waals surface area contributed by atoms with Gasteiger partial charge in [0.2, 0.25) is 5.91 Å². The second-order valence-corrected chi connectivity index (χ2v) is 5.44. The monoisotopic (exact) mass is 336 g/mol. The van der Waals surface area contributed by atoms with Crippen LogP contribution in [0.15, 0.2) is 12.3 Å². The highest BCUT2D eigenvalue weighted by molar-refractivity contribution is 5.94. The number of benzene rings is 1. The van der Waals surface area contributed by atoms with Crippen molar-refractivity contribution < 1.29 is 18.0 Å². The summed E-state index contributed by atoms with van der Waals surface area (Å²) >= 11 is 0. The molecule has 0 atom stereocenters. The number of nitrogens with zero attached hydrogens (tertiary/aromatic N) is 2. The summed E-state index contributed by atoms with van der Waals surface area (Å²) in [4.78, 5) is 15.3. The number of carbonyl (C=O) groups is 1. The highest BCUT2D eigenvalue weighted by Crippen LogP contribution is 2.29. The standard InChI is InChI=1S/C16H15F3N4O/c1-8(2)23-12(24)3-4-21-15-9(6-20)7-22-16-10(15)5-11(17)13(18)14(16)19/h5,7-8H,3-4H2,1-2H3,(H,21,22)(H,23,24). The Morgan fingerprint density at radius 1 is 1.33 bits per heavy atom. The van der Waals surface area contributed by atoms with Crippen molar-refractivity contribution in [2.24, 2.45) is 0 Å². The van der Waals surface area contributed by atoms with Crippen LogP contribution in [0.2, 0.25) is 0 Å². The minimum atomic E-state index is -1.62. The topological polar surface area (TPSA) is 77.8 Å². The number of rotatable bonds is 5. The van der Waals surface area contributed by atoms with E-state index >= 15 is 0 Å². The molecule has 0 saturated carbocycles. The first kappa shape index (κ1) is 17.5. The molecule has 1 aromatic heterocycles. The van der Waals surface area contributed by atoms with Gasteiger partial charge in [-0.1, -0.05) is 0 Å². The van der Waals surface area contributed by atoms with Crippen molar-refractivity contribution in [2.75, 3.05) is 11.9 Å². The van der Waals surface area contributed by atoms with Crippen molar-refractivity contribution in [3.8, 4) is 6.07 Å². The van der Waals surface area contributed by atoms with E-state index in [1.165, 1.54) is 0 Å². The van der Waals surface area contributed by atoms with Crippen LogP contribution >= 0.6 is 0 Å². The van der Waals surface area contributed by atoms with Gasteiger partial charge in [-0.2, -0.15) is 5.26 Å². The molecule has 126 valence electrons. The van der Waals surface area contributed by atoms with Gasteiger partial charge in [0, 0.05) is 30.6 Å². The first-order chi connectivity index (χ1) is 11.3. The lowest BCUT2D eigenvalue weighted by atomic mass is 10.1. The summed E-state index contributed by atoms with van der Waals surface area (Å²) in [6.07, 6.45) is 1.16. The van der Waals surface area contributed by atoms with E-state index in [-0.39, 0.29) is 47.1 Å². The minimum absolute atomic E-state index is 0.0138. The fraction of sp³-hybridized carbons (Fsp3) is 0.312. The first-order valence-corrected chi connectivity index (χ1v) is 7.24. The molecule has 2 rings (SSSR count). The fourth-order valence-electron chi connectivity index (χ4n) is 2.21. The van der Waals surface area contributed by atoms with Crippen molar-refractivity contribution in [1.82, 2.24) is 10.3 Å². The van der Waals surface area contributed by atoms with Gasteiger partial charge in [-0.25, -0.2) is 13.2 Å². The highest BCUT2D eigenvalue weighted by Gasteiger charge is 2.19. The molecule has 1 aromatic carbocycles. The minimum Gasteiger partial charge on any atom is -0.383 e. The largest absolute Gasteiger partial charge is 0.383 e. The van der Waals surface area contributed by atoms with Crippen molar-refractivity contribution in [2.45, 2.75) is 26.3 Å². The van der Waals surface area contributed by atoms with Crippen LogP contribution in [0.3, 0.4) is 0 Å². The Morgan fingerprint density at radius 3 is 2.67 bits per heavy atom. The average molecular weight is 336 g/mol. The maximum atomic E-state index is 13.8. The predicted molar refractivity (Wildman–Crippen MR) is 82.7 cm³/mol. The lowest BCUT2D eigenvalue weighted by molar-refractivity contribution is -0.121. The quantitative estimate of drug-likeness (QED) is 0.823. The van der Waals surface area contributed by atoms with Crippen molar-refractivity contribution in [3.05, 3.63) is 35.3 Å². The van der Waals surface area contributed by atoms with E-state index in [4.69, 9.17) is 5.26 Å². The number of hydrogen-bond donors (Lipinski definition) is 2. The molecule has 2 N–H and O–H groups in total. The molecule has 1 amide bonds. The van der Waals surface area contributed by atoms with Gasteiger partial charge in [-0.05, 0) is 19.9 Å². The van der Waals surface area contributed by atoms with Gasteiger partial charge in [-0.15, -0.1) is 0 Å². The van der Waals surface area contributed by atoms with Gasteiger partial charge in [0.25, 0.3) is 0 Å². The first-order valence-electron chi connectivity index (χ1n) is 7.24. The number of fused-ring (bicyclic) bond motifs is 1. The number of carbonyl (C=O) groups excluding carboxylic acids is 1. The SMILES string of the molecule is CC(C)NC(=O)CCNc1c(C#N)cnc2c(F)c(F)c(F)cc12. The number of aromatic nitrogens is 1. The zero-order valence-electron chi connectivity index (χ0n) is 13.1. The molecule has 24 heavy (non-hydrogen) atoms. The average Bonchev–Trinajstić information content (AvgIpc) is 2.52. The number of nitriles is 1. The molecular weight excluding hydrogens is 321 g/mol. The Balaban J connectivity index is 2.34. The van der Waals surface area contributed by atoms with Crippen molar-refractivity contribution in [1.29, 1.82) is 5.26 Å². The van der Waals surface area contributed by atoms with Gasteiger partial charge < -0.3 is 10.6 Å². The Bertz CT molecular complexity index is 830. The summed E-state index contributed by atoms with van der Waals surface area (Å²) in [5, 5.41) is 14.6. The molecule has 0 aliphatic rings. The molecule has 0 spiro atoms. The zero-order valence-corrected chi connectivity index (χ0v) is 13.1. The van der Waals surface area contributed by atoms with E-state index in [1.807, 2.05) is 19.9 Å². The van der Waals surface area contributed by atoms with Crippen LogP contribution < -0.4 is 10.6 Å². The Hall–Kier alpha value is -2.82. The summed E-state index contributed by atoms with van der Waals surface area (Å²) in [5.74, 6) is -4.63. The maximum Gasteiger partial charge on any atom is 0.221 e. The van der Waals surface area contributed by atoms with Gasteiger partial charge in [0.1, 0.15) is 11.6 Å². The maximum absolute atomic E-state index is 13.8. The molecule has 0 fully saturated rings. The normalized spacial score (nSPS) is 10.7. The molecule has 0 aliphatic carbocycles. The summed E-state index contributed by atoms with van der Waals surface area (Å²) in [6.45, 7) is 3.76. The van der Waals surface area contributed by atoms with Crippen LogP contribution in [0.5, 0.6) is 0 Å². The lowest BCUT2D eigenvalue weighted by Crippen LogP contribution is -2.31. The molecule has 0 aliphatic heterocycles. The summed E-state index contributed by atoms with van der Waals surface area (Å²) in [7, 11) is 0. The van der Waals surface area contributed by atoms with Crippen LogP contribution in [0.4, 0.5) is 18.9 Å². The molecule has 1 heterocycles. The number of halogens is 3.